The molecule has 0 spiro atoms. The van der Waals surface area contributed by atoms with Crippen molar-refractivity contribution in [1.82, 2.24) is 15.1 Å². The largest absolute Gasteiger partial charge is 0.494 e. The lowest BCUT2D eigenvalue weighted by Gasteiger charge is -2.14. The Morgan fingerprint density at radius 1 is 1.27 bits per heavy atom. The zero-order valence-electron chi connectivity index (χ0n) is 12.9. The van der Waals surface area contributed by atoms with E-state index in [0.29, 0.717) is 6.61 Å². The average molecular weight is 301 g/mol. The standard InChI is InChI=1S/C16H19N3O3/c1-4-22-13-7-5-12(6-8-13)11(2)17-16(21)14-9-10-15(20)19(3)18-14/h5-11H,4H2,1-3H3,(H,17,21)/t11-/m0/s1. The molecule has 2 rings (SSSR count). The van der Waals surface area contributed by atoms with Gasteiger partial charge in [-0.3, -0.25) is 9.59 Å². The van der Waals surface area contributed by atoms with Gasteiger partial charge in [0.2, 0.25) is 0 Å². The third-order valence-corrected chi connectivity index (χ3v) is 3.23. The highest BCUT2D eigenvalue weighted by molar-refractivity contribution is 5.92. The number of amides is 1. The lowest BCUT2D eigenvalue weighted by atomic mass is 10.1. The lowest BCUT2D eigenvalue weighted by Crippen LogP contribution is -2.30. The maximum absolute atomic E-state index is 12.1. The second-order valence-corrected chi connectivity index (χ2v) is 4.88. The quantitative estimate of drug-likeness (QED) is 0.911. The Balaban J connectivity index is 2.07. The van der Waals surface area contributed by atoms with Crippen molar-refractivity contribution in [2.45, 2.75) is 19.9 Å². The number of hydrogen-bond acceptors (Lipinski definition) is 4. The van der Waals surface area contributed by atoms with E-state index in [1.807, 2.05) is 38.1 Å². The molecule has 22 heavy (non-hydrogen) atoms. The summed E-state index contributed by atoms with van der Waals surface area (Å²) in [5.74, 6) is 0.474. The fraction of sp³-hybridized carbons (Fsp3) is 0.312. The third kappa shape index (κ3) is 3.72. The summed E-state index contributed by atoms with van der Waals surface area (Å²) >= 11 is 0. The summed E-state index contributed by atoms with van der Waals surface area (Å²) in [4.78, 5) is 23.4. The number of aromatic nitrogens is 2. The number of carbonyl (C=O) groups excluding carboxylic acids is 1. The summed E-state index contributed by atoms with van der Waals surface area (Å²) in [7, 11) is 1.51. The molecule has 0 fully saturated rings. The van der Waals surface area contributed by atoms with E-state index in [1.54, 1.807) is 0 Å². The normalized spacial score (nSPS) is 11.8. The first kappa shape index (κ1) is 15.8. The molecule has 116 valence electrons. The minimum absolute atomic E-state index is 0.179. The van der Waals surface area contributed by atoms with Crippen molar-refractivity contribution < 1.29 is 9.53 Å². The van der Waals surface area contributed by atoms with Crippen LogP contribution in [0.3, 0.4) is 0 Å². The number of hydrogen-bond donors (Lipinski definition) is 1. The molecule has 0 aliphatic carbocycles. The highest BCUT2D eigenvalue weighted by atomic mass is 16.5. The zero-order chi connectivity index (χ0) is 16.1. The number of ether oxygens (including phenoxy) is 1. The molecule has 0 saturated heterocycles. The lowest BCUT2D eigenvalue weighted by molar-refractivity contribution is 0.0932. The van der Waals surface area contributed by atoms with E-state index in [1.165, 1.54) is 19.2 Å². The second kappa shape index (κ2) is 6.89. The van der Waals surface area contributed by atoms with E-state index < -0.39 is 0 Å². The van der Waals surface area contributed by atoms with Crippen molar-refractivity contribution in [3.05, 3.63) is 58.0 Å². The van der Waals surface area contributed by atoms with Crippen LogP contribution in [0.4, 0.5) is 0 Å². The molecule has 1 atom stereocenters. The number of rotatable bonds is 5. The highest BCUT2D eigenvalue weighted by Gasteiger charge is 2.13. The van der Waals surface area contributed by atoms with Crippen LogP contribution in [0, 0.1) is 0 Å². The van der Waals surface area contributed by atoms with Crippen molar-refractivity contribution in [1.29, 1.82) is 0 Å². The van der Waals surface area contributed by atoms with Crippen molar-refractivity contribution in [3.63, 3.8) is 0 Å². The van der Waals surface area contributed by atoms with Gasteiger partial charge in [0.05, 0.1) is 12.6 Å². The minimum atomic E-state index is -0.322. The number of nitrogens with one attached hydrogen (secondary N) is 1. The zero-order valence-corrected chi connectivity index (χ0v) is 12.9. The number of benzene rings is 1. The molecule has 6 nitrogen and oxygen atoms in total. The number of nitrogens with zero attached hydrogens (tertiary/aromatic N) is 2. The first-order valence-corrected chi connectivity index (χ1v) is 7.09. The van der Waals surface area contributed by atoms with Gasteiger partial charge in [0.1, 0.15) is 11.4 Å². The monoisotopic (exact) mass is 301 g/mol. The first-order valence-electron chi connectivity index (χ1n) is 7.09. The van der Waals surface area contributed by atoms with Crippen LogP contribution in [0.5, 0.6) is 5.75 Å². The van der Waals surface area contributed by atoms with E-state index in [-0.39, 0.29) is 23.2 Å². The molecule has 0 bridgehead atoms. The van der Waals surface area contributed by atoms with Crippen LogP contribution in [0.1, 0.15) is 35.9 Å². The summed E-state index contributed by atoms with van der Waals surface area (Å²) in [6, 6.07) is 10.1. The second-order valence-electron chi connectivity index (χ2n) is 4.88. The Kier molecular flexibility index (Phi) is 4.93. The average Bonchev–Trinajstić information content (AvgIpc) is 2.51. The number of carbonyl (C=O) groups is 1. The Hall–Kier alpha value is -2.63. The molecule has 0 unspecified atom stereocenters. The van der Waals surface area contributed by atoms with Crippen LogP contribution >= 0.6 is 0 Å². The summed E-state index contributed by atoms with van der Waals surface area (Å²) in [6.07, 6.45) is 0. The van der Waals surface area contributed by atoms with E-state index in [2.05, 4.69) is 10.4 Å². The van der Waals surface area contributed by atoms with Crippen LogP contribution in [0.15, 0.2) is 41.2 Å². The number of aryl methyl sites for hydroxylation is 1. The topological polar surface area (TPSA) is 73.2 Å². The summed E-state index contributed by atoms with van der Waals surface area (Å²) in [5.41, 5.74) is 0.914. The maximum atomic E-state index is 12.1. The molecule has 0 aliphatic heterocycles. The van der Waals surface area contributed by atoms with E-state index in [4.69, 9.17) is 4.74 Å². The van der Waals surface area contributed by atoms with Crippen LogP contribution in [-0.4, -0.2) is 22.3 Å². The molecule has 0 radical (unpaired) electrons. The molecule has 1 aromatic carbocycles. The molecule has 6 heteroatoms. The smallest absolute Gasteiger partial charge is 0.272 e. The van der Waals surface area contributed by atoms with Gasteiger partial charge in [0.25, 0.3) is 11.5 Å². The Morgan fingerprint density at radius 2 is 1.95 bits per heavy atom. The SMILES string of the molecule is CCOc1ccc([C@H](C)NC(=O)c2ccc(=O)n(C)n2)cc1. The Bertz CT molecular complexity index is 707. The Morgan fingerprint density at radius 3 is 2.55 bits per heavy atom. The van der Waals surface area contributed by atoms with Gasteiger partial charge in [0.15, 0.2) is 0 Å². The van der Waals surface area contributed by atoms with Crippen molar-refractivity contribution in [3.8, 4) is 5.75 Å². The molecule has 1 aromatic heterocycles. The van der Waals surface area contributed by atoms with Crippen LogP contribution in [0.2, 0.25) is 0 Å². The van der Waals surface area contributed by atoms with Gasteiger partial charge in [-0.05, 0) is 37.6 Å². The molecule has 2 aromatic rings. The summed E-state index contributed by atoms with van der Waals surface area (Å²) in [5, 5.41) is 6.78. The molecule has 1 amide bonds. The van der Waals surface area contributed by atoms with E-state index in [0.717, 1.165) is 16.0 Å². The molecular formula is C16H19N3O3. The van der Waals surface area contributed by atoms with Gasteiger partial charge < -0.3 is 10.1 Å². The molecule has 1 heterocycles. The predicted octanol–water partition coefficient (Wildman–Crippen LogP) is 1.67. The van der Waals surface area contributed by atoms with Gasteiger partial charge >= 0.3 is 0 Å². The molecule has 1 N–H and O–H groups in total. The van der Waals surface area contributed by atoms with Crippen molar-refractivity contribution in [2.24, 2.45) is 7.05 Å². The summed E-state index contributed by atoms with van der Waals surface area (Å²) in [6.45, 7) is 4.43. The van der Waals surface area contributed by atoms with Crippen LogP contribution < -0.4 is 15.6 Å². The van der Waals surface area contributed by atoms with Gasteiger partial charge in [-0.2, -0.15) is 5.10 Å². The molecule has 0 aliphatic rings. The molecular weight excluding hydrogens is 282 g/mol. The minimum Gasteiger partial charge on any atom is -0.494 e. The van der Waals surface area contributed by atoms with Gasteiger partial charge in [-0.15, -0.1) is 0 Å². The fourth-order valence-corrected chi connectivity index (χ4v) is 2.00. The van der Waals surface area contributed by atoms with Crippen LogP contribution in [0.25, 0.3) is 0 Å². The fourth-order valence-electron chi connectivity index (χ4n) is 2.00. The van der Waals surface area contributed by atoms with E-state index >= 15 is 0 Å². The molecule has 0 saturated carbocycles. The Labute approximate surface area is 128 Å². The van der Waals surface area contributed by atoms with E-state index in [9.17, 15) is 9.59 Å². The van der Waals surface area contributed by atoms with Crippen molar-refractivity contribution >= 4 is 5.91 Å². The first-order chi connectivity index (χ1) is 10.5. The van der Waals surface area contributed by atoms with Gasteiger partial charge in [0, 0.05) is 13.1 Å². The predicted molar refractivity (Wildman–Crippen MR) is 83.0 cm³/mol. The van der Waals surface area contributed by atoms with Gasteiger partial charge in [-0.1, -0.05) is 12.1 Å². The maximum Gasteiger partial charge on any atom is 0.272 e. The van der Waals surface area contributed by atoms with Crippen molar-refractivity contribution in [2.75, 3.05) is 6.61 Å². The highest BCUT2D eigenvalue weighted by Crippen LogP contribution is 2.17. The summed E-state index contributed by atoms with van der Waals surface area (Å²) < 4.78 is 6.52. The van der Waals surface area contributed by atoms with Gasteiger partial charge in [-0.25, -0.2) is 4.68 Å². The van der Waals surface area contributed by atoms with Crippen LogP contribution in [-0.2, 0) is 7.05 Å². The third-order valence-electron chi connectivity index (χ3n) is 3.23.